The fraction of sp³-hybridized carbons (Fsp3) is 0.250. The van der Waals surface area contributed by atoms with E-state index in [4.69, 9.17) is 0 Å². The van der Waals surface area contributed by atoms with Crippen molar-refractivity contribution in [3.63, 3.8) is 0 Å². The van der Waals surface area contributed by atoms with E-state index < -0.39 is 0 Å². The van der Waals surface area contributed by atoms with Gasteiger partial charge in [0.2, 0.25) is 0 Å². The molecule has 0 aliphatic carbocycles. The number of hydrogen-bond acceptors (Lipinski definition) is 2. The Balaban J connectivity index is 1.92. The number of likely N-dealkylation sites (N-methyl/N-ethyl adjacent to an activating group) is 1. The molecule has 0 amide bonds. The predicted molar refractivity (Wildman–Crippen MR) is 95.6 cm³/mol. The number of nitrogens with one attached hydrogen (secondary N) is 1. The average molecular weight is 415 g/mol. The van der Waals surface area contributed by atoms with E-state index in [0.29, 0.717) is 6.04 Å². The molecule has 0 saturated carbocycles. The minimum absolute atomic E-state index is 0.466. The monoisotopic (exact) mass is 413 g/mol. The van der Waals surface area contributed by atoms with Crippen LogP contribution in [-0.2, 0) is 6.42 Å². The molecule has 0 bridgehead atoms. The zero-order valence-corrected chi connectivity index (χ0v) is 15.3. The number of benzene rings is 2. The van der Waals surface area contributed by atoms with Gasteiger partial charge in [0.05, 0.1) is 0 Å². The van der Waals surface area contributed by atoms with Crippen molar-refractivity contribution in [2.45, 2.75) is 17.4 Å². The molecule has 106 valence electrons. The Kier molecular flexibility index (Phi) is 6.62. The summed E-state index contributed by atoms with van der Waals surface area (Å²) in [6, 6.07) is 17.4. The first-order chi connectivity index (χ1) is 9.67. The van der Waals surface area contributed by atoms with Crippen molar-refractivity contribution < 1.29 is 0 Å². The van der Waals surface area contributed by atoms with Gasteiger partial charge in [-0.2, -0.15) is 0 Å². The molecule has 1 nitrogen and oxygen atoms in total. The fourth-order valence-corrected chi connectivity index (χ4v) is 4.01. The molecule has 0 fully saturated rings. The first kappa shape index (κ1) is 16.1. The molecule has 20 heavy (non-hydrogen) atoms. The molecule has 0 aliphatic heterocycles. The third-order valence-corrected chi connectivity index (χ3v) is 5.17. The standard InChI is InChI=1S/C16H17Br2NS/c1-19-15(9-12-4-2-5-13(17)8-12)11-20-16-7-3-6-14(18)10-16/h2-8,10,15,19H,9,11H2,1H3. The van der Waals surface area contributed by atoms with E-state index in [0.717, 1.165) is 21.1 Å². The quantitative estimate of drug-likeness (QED) is 0.657. The van der Waals surface area contributed by atoms with Crippen molar-refractivity contribution >= 4 is 43.6 Å². The summed E-state index contributed by atoms with van der Waals surface area (Å²) in [6.07, 6.45) is 1.04. The van der Waals surface area contributed by atoms with Crippen LogP contribution in [0, 0.1) is 0 Å². The summed E-state index contributed by atoms with van der Waals surface area (Å²) < 4.78 is 2.28. The molecule has 2 rings (SSSR count). The zero-order chi connectivity index (χ0) is 14.4. The Morgan fingerprint density at radius 2 is 1.75 bits per heavy atom. The van der Waals surface area contributed by atoms with Crippen LogP contribution in [0.4, 0.5) is 0 Å². The first-order valence-corrected chi connectivity index (χ1v) is 9.04. The van der Waals surface area contributed by atoms with Crippen molar-refractivity contribution in [3.8, 4) is 0 Å². The van der Waals surface area contributed by atoms with Crippen molar-refractivity contribution in [1.82, 2.24) is 5.32 Å². The molecule has 0 spiro atoms. The summed E-state index contributed by atoms with van der Waals surface area (Å²) in [5.74, 6) is 1.06. The Morgan fingerprint density at radius 1 is 1.05 bits per heavy atom. The predicted octanol–water partition coefficient (Wildman–Crippen LogP) is 5.13. The second kappa shape index (κ2) is 8.23. The molecule has 0 saturated heterocycles. The molecular weight excluding hydrogens is 398 g/mol. The summed E-state index contributed by atoms with van der Waals surface area (Å²) in [4.78, 5) is 1.30. The van der Waals surface area contributed by atoms with Crippen LogP contribution >= 0.6 is 43.6 Å². The van der Waals surface area contributed by atoms with Crippen LogP contribution in [0.3, 0.4) is 0 Å². The van der Waals surface area contributed by atoms with Crippen molar-refractivity contribution in [1.29, 1.82) is 0 Å². The Bertz CT molecular complexity index is 560. The minimum Gasteiger partial charge on any atom is -0.316 e. The lowest BCUT2D eigenvalue weighted by molar-refractivity contribution is 0.617. The lowest BCUT2D eigenvalue weighted by Crippen LogP contribution is -2.30. The normalized spacial score (nSPS) is 12.3. The van der Waals surface area contributed by atoms with Crippen molar-refractivity contribution in [3.05, 3.63) is 63.0 Å². The molecule has 2 aromatic rings. The van der Waals surface area contributed by atoms with Crippen molar-refractivity contribution in [2.24, 2.45) is 0 Å². The molecule has 1 unspecified atom stereocenters. The number of thioether (sulfide) groups is 1. The van der Waals surface area contributed by atoms with Crippen LogP contribution in [0.25, 0.3) is 0 Å². The molecular formula is C16H17Br2NS. The first-order valence-electron chi connectivity index (χ1n) is 6.47. The summed E-state index contributed by atoms with van der Waals surface area (Å²) in [5.41, 5.74) is 1.36. The second-order valence-corrected chi connectivity index (χ2v) is 7.51. The Labute approximate surface area is 141 Å². The molecule has 0 heterocycles. The Hall–Kier alpha value is -0.290. The van der Waals surface area contributed by atoms with Gasteiger partial charge in [-0.3, -0.25) is 0 Å². The maximum atomic E-state index is 3.53. The molecule has 4 heteroatoms. The molecule has 0 radical (unpaired) electrons. The molecule has 2 aromatic carbocycles. The van der Waals surface area contributed by atoms with Gasteiger partial charge in [-0.25, -0.2) is 0 Å². The van der Waals surface area contributed by atoms with E-state index in [1.807, 2.05) is 18.8 Å². The maximum Gasteiger partial charge on any atom is 0.0199 e. The molecule has 0 aliphatic rings. The van der Waals surface area contributed by atoms with Gasteiger partial charge in [-0.1, -0.05) is 50.1 Å². The van der Waals surface area contributed by atoms with Crippen LogP contribution in [0.5, 0.6) is 0 Å². The SMILES string of the molecule is CNC(CSc1cccc(Br)c1)Cc1cccc(Br)c1. The maximum absolute atomic E-state index is 3.53. The molecule has 1 N–H and O–H groups in total. The topological polar surface area (TPSA) is 12.0 Å². The summed E-state index contributed by atoms with van der Waals surface area (Å²) in [5, 5.41) is 3.41. The zero-order valence-electron chi connectivity index (χ0n) is 11.3. The van der Waals surface area contributed by atoms with Crippen LogP contribution in [0.2, 0.25) is 0 Å². The fourth-order valence-electron chi connectivity index (χ4n) is 1.95. The Morgan fingerprint density at radius 3 is 2.40 bits per heavy atom. The average Bonchev–Trinajstić information content (AvgIpc) is 2.43. The van der Waals surface area contributed by atoms with Gasteiger partial charge in [0.25, 0.3) is 0 Å². The van der Waals surface area contributed by atoms with E-state index in [-0.39, 0.29) is 0 Å². The van der Waals surface area contributed by atoms with Crippen LogP contribution in [-0.4, -0.2) is 18.8 Å². The number of halogens is 2. The highest BCUT2D eigenvalue weighted by atomic mass is 79.9. The number of rotatable bonds is 6. The summed E-state index contributed by atoms with van der Waals surface area (Å²) in [6.45, 7) is 0. The van der Waals surface area contributed by atoms with Crippen LogP contribution < -0.4 is 5.32 Å². The van der Waals surface area contributed by atoms with Gasteiger partial charge in [0.1, 0.15) is 0 Å². The van der Waals surface area contributed by atoms with Gasteiger partial charge in [0.15, 0.2) is 0 Å². The smallest absolute Gasteiger partial charge is 0.0199 e. The lowest BCUT2D eigenvalue weighted by atomic mass is 10.1. The van der Waals surface area contributed by atoms with Crippen LogP contribution in [0.1, 0.15) is 5.56 Å². The van der Waals surface area contributed by atoms with E-state index in [2.05, 4.69) is 85.7 Å². The number of hydrogen-bond donors (Lipinski definition) is 1. The highest BCUT2D eigenvalue weighted by Crippen LogP contribution is 2.23. The van der Waals surface area contributed by atoms with Crippen molar-refractivity contribution in [2.75, 3.05) is 12.8 Å². The third kappa shape index (κ3) is 5.24. The van der Waals surface area contributed by atoms with E-state index in [9.17, 15) is 0 Å². The van der Waals surface area contributed by atoms with Gasteiger partial charge < -0.3 is 5.32 Å². The summed E-state index contributed by atoms with van der Waals surface area (Å²) >= 11 is 8.93. The lowest BCUT2D eigenvalue weighted by Gasteiger charge is -2.16. The second-order valence-electron chi connectivity index (χ2n) is 4.59. The van der Waals surface area contributed by atoms with Gasteiger partial charge in [0, 0.05) is 25.6 Å². The summed E-state index contributed by atoms with van der Waals surface area (Å²) in [7, 11) is 2.03. The van der Waals surface area contributed by atoms with Gasteiger partial charge >= 0.3 is 0 Å². The highest BCUT2D eigenvalue weighted by Gasteiger charge is 2.08. The molecule has 0 aromatic heterocycles. The van der Waals surface area contributed by atoms with E-state index in [1.165, 1.54) is 10.5 Å². The highest BCUT2D eigenvalue weighted by molar-refractivity contribution is 9.10. The van der Waals surface area contributed by atoms with Gasteiger partial charge in [-0.05, 0) is 49.4 Å². The van der Waals surface area contributed by atoms with Crippen LogP contribution in [0.15, 0.2) is 62.4 Å². The van der Waals surface area contributed by atoms with E-state index in [1.54, 1.807) is 0 Å². The largest absolute Gasteiger partial charge is 0.316 e. The van der Waals surface area contributed by atoms with E-state index >= 15 is 0 Å². The van der Waals surface area contributed by atoms with Gasteiger partial charge in [-0.15, -0.1) is 11.8 Å². The molecule has 1 atom stereocenters. The minimum atomic E-state index is 0.466. The third-order valence-electron chi connectivity index (χ3n) is 3.03.